The first-order valence-corrected chi connectivity index (χ1v) is 7.79. The molecule has 1 aromatic heterocycles. The minimum Gasteiger partial charge on any atom is -0.627 e. The van der Waals surface area contributed by atoms with Crippen LogP contribution in [0.3, 0.4) is 0 Å². The summed E-state index contributed by atoms with van der Waals surface area (Å²) in [4.78, 5) is 14.7. The van der Waals surface area contributed by atoms with E-state index in [-0.39, 0.29) is 49.1 Å². The lowest BCUT2D eigenvalue weighted by Crippen LogP contribution is -2.52. The second-order valence-electron chi connectivity index (χ2n) is 5.52. The predicted molar refractivity (Wildman–Crippen MR) is 90.0 cm³/mol. The maximum Gasteiger partial charge on any atom is 0.360 e. The van der Waals surface area contributed by atoms with Crippen LogP contribution in [0, 0.1) is 5.21 Å². The number of hydroxylamine groups is 2. The van der Waals surface area contributed by atoms with Gasteiger partial charge in [0.1, 0.15) is 18.7 Å². The average Bonchev–Trinajstić information content (AvgIpc) is 2.94. The maximum absolute atomic E-state index is 13.3. The number of carbonyl (C=O) groups is 1. The molecule has 1 fully saturated rings. The zero-order chi connectivity index (χ0) is 17.3. The van der Waals surface area contributed by atoms with Gasteiger partial charge in [-0.15, -0.1) is 0 Å². The predicted octanol–water partition coefficient (Wildman–Crippen LogP) is 2.66. The van der Waals surface area contributed by atoms with Gasteiger partial charge in [0.05, 0.1) is 20.3 Å². The number of H-pyrrole nitrogens is 1. The van der Waals surface area contributed by atoms with Crippen LogP contribution < -0.4 is 4.65 Å². The SMILES string of the molecule is COC(=O)c1[nH]c(O)c(-c2ccc(Cl)cc2)c1[N+]1([O-])CCOCC1. The molecule has 3 rings (SSSR count). The van der Waals surface area contributed by atoms with E-state index in [9.17, 15) is 15.1 Å². The summed E-state index contributed by atoms with van der Waals surface area (Å²) in [5.74, 6) is -0.965. The first kappa shape index (κ1) is 16.8. The van der Waals surface area contributed by atoms with E-state index >= 15 is 0 Å². The van der Waals surface area contributed by atoms with Crippen molar-refractivity contribution >= 4 is 23.3 Å². The van der Waals surface area contributed by atoms with Crippen molar-refractivity contribution in [3.8, 4) is 17.0 Å². The standard InChI is InChI=1S/C16H17ClN2O5/c1-23-16(21)13-14(19(22)6-8-24-9-7-19)12(15(20)18-13)10-2-4-11(17)5-3-10/h2-5,18,20H,6-9H2,1H3. The molecule has 0 unspecified atom stereocenters. The highest BCUT2D eigenvalue weighted by Crippen LogP contribution is 2.44. The first-order valence-electron chi connectivity index (χ1n) is 7.42. The Balaban J connectivity index is 2.22. The number of quaternary nitrogens is 1. The summed E-state index contributed by atoms with van der Waals surface area (Å²) in [6.07, 6.45) is 0. The highest BCUT2D eigenvalue weighted by Gasteiger charge is 2.37. The number of hydrogen-bond donors (Lipinski definition) is 2. The van der Waals surface area contributed by atoms with Crippen molar-refractivity contribution < 1.29 is 19.4 Å². The third-order valence-electron chi connectivity index (χ3n) is 4.08. The van der Waals surface area contributed by atoms with Gasteiger partial charge >= 0.3 is 5.97 Å². The molecule has 1 aromatic carbocycles. The number of morpholine rings is 1. The average molecular weight is 353 g/mol. The highest BCUT2D eigenvalue weighted by atomic mass is 35.5. The molecule has 0 aliphatic carbocycles. The molecule has 2 aromatic rings. The highest BCUT2D eigenvalue weighted by molar-refractivity contribution is 6.30. The van der Waals surface area contributed by atoms with Crippen LogP contribution in [0.5, 0.6) is 5.88 Å². The van der Waals surface area contributed by atoms with E-state index in [1.54, 1.807) is 24.3 Å². The van der Waals surface area contributed by atoms with E-state index in [0.29, 0.717) is 10.6 Å². The number of aromatic hydroxyl groups is 1. The Hall–Kier alpha value is -2.06. The quantitative estimate of drug-likeness (QED) is 0.503. The number of halogens is 1. The van der Waals surface area contributed by atoms with Crippen LogP contribution in [0.4, 0.5) is 5.69 Å². The van der Waals surface area contributed by atoms with Crippen molar-refractivity contribution in [2.75, 3.05) is 33.4 Å². The van der Waals surface area contributed by atoms with Crippen molar-refractivity contribution in [2.45, 2.75) is 0 Å². The minimum absolute atomic E-state index is 0.0446. The lowest BCUT2D eigenvalue weighted by atomic mass is 10.0. The second-order valence-corrected chi connectivity index (χ2v) is 5.96. The largest absolute Gasteiger partial charge is 0.627 e. The number of nitrogens with zero attached hydrogens (tertiary/aromatic N) is 1. The fraction of sp³-hybridized carbons (Fsp3) is 0.312. The minimum atomic E-state index is -0.778. The van der Waals surface area contributed by atoms with E-state index < -0.39 is 10.6 Å². The van der Waals surface area contributed by atoms with Gasteiger partial charge in [-0.1, -0.05) is 23.7 Å². The Morgan fingerprint density at radius 2 is 1.96 bits per heavy atom. The molecule has 128 valence electrons. The van der Waals surface area contributed by atoms with Crippen LogP contribution >= 0.6 is 11.6 Å². The number of aromatic amines is 1. The van der Waals surface area contributed by atoms with Crippen LogP contribution in [0.15, 0.2) is 24.3 Å². The summed E-state index contributed by atoms with van der Waals surface area (Å²) in [6.45, 7) is 0.829. The summed E-state index contributed by atoms with van der Waals surface area (Å²) < 4.78 is 9.23. The number of benzene rings is 1. The number of hydrogen-bond acceptors (Lipinski definition) is 5. The monoisotopic (exact) mass is 352 g/mol. The van der Waals surface area contributed by atoms with Gasteiger partial charge in [-0.25, -0.2) is 4.79 Å². The number of esters is 1. The number of nitrogens with one attached hydrogen (secondary N) is 1. The normalized spacial score (nSPS) is 16.8. The topological polar surface area (TPSA) is 94.6 Å². The van der Waals surface area contributed by atoms with Crippen LogP contribution in [-0.2, 0) is 9.47 Å². The van der Waals surface area contributed by atoms with Gasteiger partial charge in [0, 0.05) is 5.02 Å². The number of ether oxygens (including phenoxy) is 2. The van der Waals surface area contributed by atoms with Gasteiger partial charge in [0.2, 0.25) is 5.88 Å². The van der Waals surface area contributed by atoms with E-state index in [1.165, 1.54) is 7.11 Å². The Morgan fingerprint density at radius 1 is 1.33 bits per heavy atom. The van der Waals surface area contributed by atoms with E-state index in [1.807, 2.05) is 0 Å². The van der Waals surface area contributed by atoms with Crippen LogP contribution in [0.25, 0.3) is 11.1 Å². The van der Waals surface area contributed by atoms with Gasteiger partial charge in [-0.05, 0) is 17.7 Å². The summed E-state index contributed by atoms with van der Waals surface area (Å²) in [6, 6.07) is 6.67. The molecule has 1 aliphatic heterocycles. The van der Waals surface area contributed by atoms with E-state index in [0.717, 1.165) is 0 Å². The zero-order valence-corrected chi connectivity index (χ0v) is 13.8. The van der Waals surface area contributed by atoms with Gasteiger partial charge < -0.3 is 29.4 Å². The molecular weight excluding hydrogens is 336 g/mol. The lowest BCUT2D eigenvalue weighted by Gasteiger charge is -2.44. The summed E-state index contributed by atoms with van der Waals surface area (Å²) in [5.41, 5.74) is 0.976. The first-order chi connectivity index (χ1) is 11.5. The molecule has 0 radical (unpaired) electrons. The molecule has 0 spiro atoms. The van der Waals surface area contributed by atoms with E-state index in [2.05, 4.69) is 4.98 Å². The number of aromatic nitrogens is 1. The Bertz CT molecular complexity index is 751. The molecule has 7 nitrogen and oxygen atoms in total. The van der Waals surface area contributed by atoms with Crippen molar-refractivity contribution in [2.24, 2.45) is 0 Å². The fourth-order valence-corrected chi connectivity index (χ4v) is 3.01. The molecule has 1 saturated heterocycles. The molecule has 2 N–H and O–H groups in total. The lowest BCUT2D eigenvalue weighted by molar-refractivity contribution is 0.0550. The van der Waals surface area contributed by atoms with Crippen molar-refractivity contribution in [1.82, 2.24) is 9.63 Å². The third-order valence-corrected chi connectivity index (χ3v) is 4.33. The smallest absolute Gasteiger partial charge is 0.360 e. The molecule has 0 bridgehead atoms. The molecule has 24 heavy (non-hydrogen) atoms. The summed E-state index contributed by atoms with van der Waals surface area (Å²) in [7, 11) is 1.22. The molecular formula is C16H17ClN2O5. The third kappa shape index (κ3) is 2.87. The summed E-state index contributed by atoms with van der Waals surface area (Å²) >= 11 is 5.91. The van der Waals surface area contributed by atoms with Gasteiger partial charge in [0.15, 0.2) is 11.4 Å². The van der Waals surface area contributed by atoms with Crippen molar-refractivity contribution in [1.29, 1.82) is 0 Å². The molecule has 2 heterocycles. The second kappa shape index (κ2) is 6.45. The van der Waals surface area contributed by atoms with Gasteiger partial charge in [-0.2, -0.15) is 0 Å². The molecule has 8 heteroatoms. The van der Waals surface area contributed by atoms with Crippen LogP contribution in [0.2, 0.25) is 5.02 Å². The Kier molecular flexibility index (Phi) is 4.51. The number of methoxy groups -OCH3 is 1. The van der Waals surface area contributed by atoms with Crippen LogP contribution in [0.1, 0.15) is 10.5 Å². The van der Waals surface area contributed by atoms with Gasteiger partial charge in [0.25, 0.3) is 0 Å². The number of carbonyl (C=O) groups excluding carboxylic acids is 1. The summed E-state index contributed by atoms with van der Waals surface area (Å²) in [5, 5.41) is 24.2. The molecule has 0 saturated carbocycles. The molecule has 0 amide bonds. The number of rotatable bonds is 3. The fourth-order valence-electron chi connectivity index (χ4n) is 2.89. The Morgan fingerprint density at radius 3 is 2.54 bits per heavy atom. The zero-order valence-electron chi connectivity index (χ0n) is 13.0. The van der Waals surface area contributed by atoms with Gasteiger partial charge in [-0.3, -0.25) is 0 Å². The van der Waals surface area contributed by atoms with Crippen molar-refractivity contribution in [3.63, 3.8) is 0 Å². The van der Waals surface area contributed by atoms with E-state index in [4.69, 9.17) is 21.1 Å². The molecule has 1 aliphatic rings. The van der Waals surface area contributed by atoms with Crippen LogP contribution in [-0.4, -0.2) is 49.5 Å². The maximum atomic E-state index is 13.3. The molecule has 0 atom stereocenters. The Labute approximate surface area is 143 Å². The van der Waals surface area contributed by atoms with Crippen molar-refractivity contribution in [3.05, 3.63) is 40.2 Å².